The van der Waals surface area contributed by atoms with Gasteiger partial charge in [0.1, 0.15) is 5.82 Å². The van der Waals surface area contributed by atoms with Crippen LogP contribution in [0.1, 0.15) is 55.7 Å². The molecule has 1 unspecified atom stereocenters. The molecule has 21 heavy (non-hydrogen) atoms. The standard InChI is InChI=1S/C17H21FN2O/c1-12(2)15-10-17(21-19-15)16-4-3-9-20(16)11-13-5-7-14(18)8-6-13/h5-8,10,12,16H,3-4,9,11H2,1-2H3. The van der Waals surface area contributed by atoms with Crippen LogP contribution in [0.3, 0.4) is 0 Å². The van der Waals surface area contributed by atoms with Crippen molar-refractivity contribution in [2.45, 2.75) is 45.2 Å². The Balaban J connectivity index is 1.74. The summed E-state index contributed by atoms with van der Waals surface area (Å²) in [7, 11) is 0. The van der Waals surface area contributed by atoms with Crippen molar-refractivity contribution >= 4 is 0 Å². The van der Waals surface area contributed by atoms with Gasteiger partial charge in [0.25, 0.3) is 0 Å². The largest absolute Gasteiger partial charge is 0.359 e. The van der Waals surface area contributed by atoms with E-state index in [2.05, 4.69) is 30.0 Å². The van der Waals surface area contributed by atoms with Gasteiger partial charge in [-0.15, -0.1) is 0 Å². The minimum Gasteiger partial charge on any atom is -0.359 e. The second-order valence-corrected chi connectivity index (χ2v) is 6.06. The molecule has 3 nitrogen and oxygen atoms in total. The third-order valence-corrected chi connectivity index (χ3v) is 4.13. The molecule has 1 saturated heterocycles. The number of likely N-dealkylation sites (tertiary alicyclic amines) is 1. The Kier molecular flexibility index (Phi) is 4.06. The monoisotopic (exact) mass is 288 g/mol. The van der Waals surface area contributed by atoms with Crippen LogP contribution >= 0.6 is 0 Å². The van der Waals surface area contributed by atoms with Crippen LogP contribution in [-0.4, -0.2) is 16.6 Å². The first-order valence-corrected chi connectivity index (χ1v) is 7.58. The molecule has 1 fully saturated rings. The molecular weight excluding hydrogens is 267 g/mol. The van der Waals surface area contributed by atoms with E-state index >= 15 is 0 Å². The molecule has 112 valence electrons. The highest BCUT2D eigenvalue weighted by molar-refractivity contribution is 5.18. The summed E-state index contributed by atoms with van der Waals surface area (Å²) < 4.78 is 18.5. The zero-order valence-electron chi connectivity index (χ0n) is 12.6. The highest BCUT2D eigenvalue weighted by atomic mass is 19.1. The van der Waals surface area contributed by atoms with Gasteiger partial charge in [0, 0.05) is 12.6 Å². The van der Waals surface area contributed by atoms with E-state index < -0.39 is 0 Å². The van der Waals surface area contributed by atoms with Crippen molar-refractivity contribution in [1.29, 1.82) is 0 Å². The van der Waals surface area contributed by atoms with Gasteiger partial charge in [0.15, 0.2) is 5.76 Å². The Morgan fingerprint density at radius 1 is 1.33 bits per heavy atom. The first kappa shape index (κ1) is 14.3. The van der Waals surface area contributed by atoms with Crippen LogP contribution in [0.15, 0.2) is 34.9 Å². The molecule has 2 aromatic rings. The van der Waals surface area contributed by atoms with E-state index in [1.807, 2.05) is 12.1 Å². The number of rotatable bonds is 4. The average molecular weight is 288 g/mol. The molecule has 0 spiro atoms. The molecule has 0 radical (unpaired) electrons. The molecule has 1 aliphatic heterocycles. The van der Waals surface area contributed by atoms with Gasteiger partial charge in [0.2, 0.25) is 0 Å². The summed E-state index contributed by atoms with van der Waals surface area (Å²) in [5, 5.41) is 4.16. The van der Waals surface area contributed by atoms with Crippen LogP contribution in [0.4, 0.5) is 4.39 Å². The van der Waals surface area contributed by atoms with E-state index in [0.717, 1.165) is 42.9 Å². The van der Waals surface area contributed by atoms with E-state index in [1.54, 1.807) is 0 Å². The summed E-state index contributed by atoms with van der Waals surface area (Å²) in [6, 6.07) is 9.11. The van der Waals surface area contributed by atoms with Crippen LogP contribution in [0.2, 0.25) is 0 Å². The van der Waals surface area contributed by atoms with Crippen LogP contribution in [-0.2, 0) is 6.54 Å². The first-order chi connectivity index (χ1) is 10.1. The number of hydrogen-bond acceptors (Lipinski definition) is 3. The third-order valence-electron chi connectivity index (χ3n) is 4.13. The zero-order chi connectivity index (χ0) is 14.8. The smallest absolute Gasteiger partial charge is 0.154 e. The van der Waals surface area contributed by atoms with Gasteiger partial charge in [-0.05, 0) is 43.0 Å². The lowest BCUT2D eigenvalue weighted by Crippen LogP contribution is -2.22. The van der Waals surface area contributed by atoms with E-state index in [4.69, 9.17) is 4.52 Å². The van der Waals surface area contributed by atoms with Gasteiger partial charge in [-0.1, -0.05) is 31.1 Å². The molecule has 1 atom stereocenters. The van der Waals surface area contributed by atoms with Gasteiger partial charge < -0.3 is 4.52 Å². The molecular formula is C17H21FN2O. The quantitative estimate of drug-likeness (QED) is 0.841. The number of benzene rings is 1. The highest BCUT2D eigenvalue weighted by Gasteiger charge is 2.29. The summed E-state index contributed by atoms with van der Waals surface area (Å²) in [6.07, 6.45) is 2.25. The first-order valence-electron chi connectivity index (χ1n) is 7.58. The zero-order valence-corrected chi connectivity index (χ0v) is 12.6. The maximum absolute atomic E-state index is 13.0. The summed E-state index contributed by atoms with van der Waals surface area (Å²) >= 11 is 0. The molecule has 1 aliphatic rings. The van der Waals surface area contributed by atoms with E-state index in [-0.39, 0.29) is 11.9 Å². The van der Waals surface area contributed by atoms with Crippen molar-refractivity contribution in [3.05, 3.63) is 53.2 Å². The second kappa shape index (κ2) is 5.98. The predicted octanol–water partition coefficient (Wildman–Crippen LogP) is 4.27. The molecule has 1 aromatic carbocycles. The SMILES string of the molecule is CC(C)c1cc(C2CCCN2Cc2ccc(F)cc2)on1. The van der Waals surface area contributed by atoms with Crippen LogP contribution in [0.5, 0.6) is 0 Å². The van der Waals surface area contributed by atoms with Crippen molar-refractivity contribution in [1.82, 2.24) is 10.1 Å². The minimum atomic E-state index is -0.187. The van der Waals surface area contributed by atoms with Gasteiger partial charge >= 0.3 is 0 Å². The Morgan fingerprint density at radius 3 is 2.76 bits per heavy atom. The van der Waals surface area contributed by atoms with Crippen molar-refractivity contribution < 1.29 is 8.91 Å². The molecule has 3 rings (SSSR count). The fraction of sp³-hybridized carbons (Fsp3) is 0.471. The van der Waals surface area contributed by atoms with Gasteiger partial charge in [-0.2, -0.15) is 0 Å². The third kappa shape index (κ3) is 3.16. The lowest BCUT2D eigenvalue weighted by atomic mass is 10.1. The van der Waals surface area contributed by atoms with Crippen molar-refractivity contribution in [3.63, 3.8) is 0 Å². The van der Waals surface area contributed by atoms with Crippen molar-refractivity contribution in [2.24, 2.45) is 0 Å². The van der Waals surface area contributed by atoms with Gasteiger partial charge in [0.05, 0.1) is 11.7 Å². The predicted molar refractivity (Wildman–Crippen MR) is 79.4 cm³/mol. The van der Waals surface area contributed by atoms with Gasteiger partial charge in [-0.25, -0.2) is 4.39 Å². The van der Waals surface area contributed by atoms with Gasteiger partial charge in [-0.3, -0.25) is 4.90 Å². The molecule has 4 heteroatoms. The molecule has 2 heterocycles. The molecule has 0 aliphatic carbocycles. The Hall–Kier alpha value is -1.68. The van der Waals surface area contributed by atoms with Crippen molar-refractivity contribution in [3.8, 4) is 0 Å². The summed E-state index contributed by atoms with van der Waals surface area (Å²) in [5.41, 5.74) is 2.14. The molecule has 1 aromatic heterocycles. The fourth-order valence-electron chi connectivity index (χ4n) is 2.89. The number of nitrogens with zero attached hydrogens (tertiary/aromatic N) is 2. The molecule has 0 N–H and O–H groups in total. The maximum atomic E-state index is 13.0. The highest BCUT2D eigenvalue weighted by Crippen LogP contribution is 2.34. The van der Waals surface area contributed by atoms with E-state index in [0.29, 0.717) is 5.92 Å². The number of hydrogen-bond donors (Lipinski definition) is 0. The Morgan fingerprint density at radius 2 is 2.10 bits per heavy atom. The fourth-order valence-corrected chi connectivity index (χ4v) is 2.89. The topological polar surface area (TPSA) is 29.3 Å². The lowest BCUT2D eigenvalue weighted by molar-refractivity contribution is 0.206. The molecule has 0 saturated carbocycles. The van der Waals surface area contributed by atoms with Crippen molar-refractivity contribution in [2.75, 3.05) is 6.54 Å². The maximum Gasteiger partial charge on any atom is 0.154 e. The van der Waals surface area contributed by atoms with Crippen LogP contribution < -0.4 is 0 Å². The minimum absolute atomic E-state index is 0.187. The summed E-state index contributed by atoms with van der Waals surface area (Å²) in [4.78, 5) is 2.39. The second-order valence-electron chi connectivity index (χ2n) is 6.06. The van der Waals surface area contributed by atoms with Crippen LogP contribution in [0, 0.1) is 5.82 Å². The molecule has 0 bridgehead atoms. The summed E-state index contributed by atoms with van der Waals surface area (Å²) in [5.74, 6) is 1.15. The average Bonchev–Trinajstić information content (AvgIpc) is 3.09. The number of aromatic nitrogens is 1. The molecule has 0 amide bonds. The number of halogens is 1. The van der Waals surface area contributed by atoms with E-state index in [1.165, 1.54) is 12.1 Å². The normalized spacial score (nSPS) is 19.5. The summed E-state index contributed by atoms with van der Waals surface area (Å²) in [6.45, 7) is 6.10. The lowest BCUT2D eigenvalue weighted by Gasteiger charge is -2.22. The Labute approximate surface area is 124 Å². The Bertz CT molecular complexity index is 591. The van der Waals surface area contributed by atoms with E-state index in [9.17, 15) is 4.39 Å². The van der Waals surface area contributed by atoms with Crippen LogP contribution in [0.25, 0.3) is 0 Å².